The zero-order valence-corrected chi connectivity index (χ0v) is 20.9. The highest BCUT2D eigenvalue weighted by Crippen LogP contribution is 2.17. The van der Waals surface area contributed by atoms with Crippen LogP contribution in [-0.2, 0) is 10.1 Å². The summed E-state index contributed by atoms with van der Waals surface area (Å²) in [5, 5.41) is 0. The van der Waals surface area contributed by atoms with E-state index in [4.69, 9.17) is 4.18 Å². The smallest absolute Gasteiger partial charge is 0.339 e. The van der Waals surface area contributed by atoms with Crippen molar-refractivity contribution in [1.82, 2.24) is 0 Å². The Morgan fingerprint density at radius 3 is 1.24 bits per heavy atom. The second-order valence-electron chi connectivity index (χ2n) is 6.22. The van der Waals surface area contributed by atoms with E-state index in [-0.39, 0.29) is 10.7 Å². The zero-order valence-electron chi connectivity index (χ0n) is 20.1. The van der Waals surface area contributed by atoms with Gasteiger partial charge in [0.2, 0.25) is 0 Å². The van der Waals surface area contributed by atoms with Gasteiger partial charge in [0.05, 0.1) is 0 Å². The average Bonchev–Trinajstić information content (AvgIpc) is 2.93. The Kier molecular flexibility index (Phi) is 13.3. The first kappa shape index (κ1) is 28.3. The Morgan fingerprint density at radius 2 is 0.853 bits per heavy atom. The van der Waals surface area contributed by atoms with Crippen LogP contribution in [0.15, 0.2) is 126 Å². The van der Waals surface area contributed by atoms with Crippen LogP contribution in [0, 0.1) is 0 Å². The summed E-state index contributed by atoms with van der Waals surface area (Å²) in [5.74, 6) is 0.387. The Balaban J connectivity index is 0.000000299. The van der Waals surface area contributed by atoms with Crippen molar-refractivity contribution in [3.8, 4) is 5.75 Å². The second kappa shape index (κ2) is 16.0. The molecule has 0 fully saturated rings. The lowest BCUT2D eigenvalue weighted by Crippen LogP contribution is -2.09. The molecule has 4 nitrogen and oxygen atoms in total. The molecular formula is C29H32O4S. The van der Waals surface area contributed by atoms with Gasteiger partial charge in [0, 0.05) is 11.1 Å². The van der Waals surface area contributed by atoms with Crippen molar-refractivity contribution in [2.75, 3.05) is 0 Å². The third kappa shape index (κ3) is 9.43. The summed E-state index contributed by atoms with van der Waals surface area (Å²) in [6.07, 6.45) is 0. The van der Waals surface area contributed by atoms with Crippen LogP contribution in [-0.4, -0.2) is 14.2 Å². The van der Waals surface area contributed by atoms with Gasteiger partial charge < -0.3 is 4.18 Å². The standard InChI is InChI=1S/C13H10O.C12H10O3S.2C2H6/c14-13(11-7-3-1-4-8-11)12-9-5-2-6-10-12;13-16(14,12-9-5-2-6-10-12)15-11-7-3-1-4-8-11;2*1-2/h1-10H;1-10H;2*1-2H3. The first-order chi connectivity index (χ1) is 16.6. The molecule has 178 valence electrons. The first-order valence-corrected chi connectivity index (χ1v) is 12.7. The fourth-order valence-electron chi connectivity index (χ4n) is 2.58. The van der Waals surface area contributed by atoms with Crippen molar-refractivity contribution >= 4 is 15.9 Å². The normalized spacial score (nSPS) is 9.53. The summed E-state index contributed by atoms with van der Waals surface area (Å²) in [6, 6.07) is 35.1. The van der Waals surface area contributed by atoms with Gasteiger partial charge in [-0.1, -0.05) is 125 Å². The zero-order chi connectivity index (χ0) is 25.2. The first-order valence-electron chi connectivity index (χ1n) is 11.3. The van der Waals surface area contributed by atoms with Gasteiger partial charge in [0.25, 0.3) is 0 Å². The lowest BCUT2D eigenvalue weighted by molar-refractivity contribution is 0.103. The van der Waals surface area contributed by atoms with Crippen molar-refractivity contribution < 1.29 is 17.4 Å². The molecule has 0 spiro atoms. The molecule has 0 atom stereocenters. The fourth-order valence-corrected chi connectivity index (χ4v) is 3.53. The van der Waals surface area contributed by atoms with E-state index < -0.39 is 10.1 Å². The number of benzene rings is 4. The van der Waals surface area contributed by atoms with Gasteiger partial charge in [-0.25, -0.2) is 0 Å². The third-order valence-corrected chi connectivity index (χ3v) is 5.31. The average molecular weight is 477 g/mol. The second-order valence-corrected chi connectivity index (χ2v) is 7.77. The minimum atomic E-state index is -3.71. The molecule has 0 bridgehead atoms. The molecule has 0 aliphatic carbocycles. The topological polar surface area (TPSA) is 60.4 Å². The number of para-hydroxylation sites is 1. The van der Waals surface area contributed by atoms with Crippen LogP contribution in [0.3, 0.4) is 0 Å². The summed E-state index contributed by atoms with van der Waals surface area (Å²) in [7, 11) is -3.71. The minimum absolute atomic E-state index is 0.0752. The van der Waals surface area contributed by atoms with Crippen molar-refractivity contribution in [2.45, 2.75) is 32.6 Å². The van der Waals surface area contributed by atoms with Crippen LogP contribution in [0.1, 0.15) is 43.6 Å². The highest BCUT2D eigenvalue weighted by atomic mass is 32.2. The van der Waals surface area contributed by atoms with E-state index >= 15 is 0 Å². The van der Waals surface area contributed by atoms with Crippen LogP contribution in [0.2, 0.25) is 0 Å². The molecule has 4 rings (SSSR count). The van der Waals surface area contributed by atoms with Gasteiger partial charge in [-0.15, -0.1) is 0 Å². The maximum absolute atomic E-state index is 11.8. The van der Waals surface area contributed by atoms with Crippen molar-refractivity contribution in [2.24, 2.45) is 0 Å². The molecule has 5 heteroatoms. The van der Waals surface area contributed by atoms with Gasteiger partial charge in [-0.3, -0.25) is 4.79 Å². The maximum Gasteiger partial charge on any atom is 0.339 e. The number of hydrogen-bond acceptors (Lipinski definition) is 4. The molecule has 0 aliphatic heterocycles. The Labute approximate surface area is 204 Å². The Morgan fingerprint density at radius 1 is 0.529 bits per heavy atom. The van der Waals surface area contributed by atoms with Crippen molar-refractivity contribution in [1.29, 1.82) is 0 Å². The molecule has 0 saturated carbocycles. The summed E-state index contributed by atoms with van der Waals surface area (Å²) >= 11 is 0. The molecular weight excluding hydrogens is 444 g/mol. The Hall–Kier alpha value is -3.70. The van der Waals surface area contributed by atoms with Crippen LogP contribution >= 0.6 is 0 Å². The molecule has 0 saturated heterocycles. The predicted molar refractivity (Wildman–Crippen MR) is 140 cm³/mol. The molecule has 0 N–H and O–H groups in total. The predicted octanol–water partition coefficient (Wildman–Crippen LogP) is 7.42. The van der Waals surface area contributed by atoms with Crippen LogP contribution in [0.4, 0.5) is 0 Å². The molecule has 0 heterocycles. The van der Waals surface area contributed by atoms with Crippen molar-refractivity contribution in [3.05, 3.63) is 132 Å². The van der Waals surface area contributed by atoms with Gasteiger partial charge in [-0.2, -0.15) is 8.42 Å². The minimum Gasteiger partial charge on any atom is -0.379 e. The van der Waals surface area contributed by atoms with Gasteiger partial charge >= 0.3 is 10.1 Å². The summed E-state index contributed by atoms with van der Waals surface area (Å²) < 4.78 is 28.5. The molecule has 0 aliphatic rings. The van der Waals surface area contributed by atoms with Crippen LogP contribution < -0.4 is 4.18 Å². The number of rotatable bonds is 5. The molecule has 34 heavy (non-hydrogen) atoms. The summed E-state index contributed by atoms with van der Waals surface area (Å²) in [4.78, 5) is 12.0. The van der Waals surface area contributed by atoms with E-state index in [0.29, 0.717) is 5.75 Å². The SMILES string of the molecule is CC.CC.O=C(c1ccccc1)c1ccccc1.O=S(=O)(Oc1ccccc1)c1ccccc1. The number of carbonyl (C=O) groups is 1. The van der Waals surface area contributed by atoms with E-state index in [1.165, 1.54) is 12.1 Å². The number of carbonyl (C=O) groups excluding carboxylic acids is 1. The molecule has 4 aromatic rings. The maximum atomic E-state index is 11.8. The summed E-state index contributed by atoms with van der Waals surface area (Å²) in [5.41, 5.74) is 1.47. The number of ketones is 1. The van der Waals surface area contributed by atoms with E-state index in [9.17, 15) is 13.2 Å². The molecule has 0 aromatic heterocycles. The van der Waals surface area contributed by atoms with E-state index in [1.54, 1.807) is 48.5 Å². The largest absolute Gasteiger partial charge is 0.379 e. The van der Waals surface area contributed by atoms with Gasteiger partial charge in [0.1, 0.15) is 10.6 Å². The lowest BCUT2D eigenvalue weighted by Gasteiger charge is -2.05. The van der Waals surface area contributed by atoms with E-state index in [0.717, 1.165) is 11.1 Å². The molecule has 0 radical (unpaired) electrons. The third-order valence-electron chi connectivity index (χ3n) is 4.05. The molecule has 4 aromatic carbocycles. The van der Waals surface area contributed by atoms with Gasteiger partial charge in [-0.05, 0) is 24.3 Å². The number of hydrogen-bond donors (Lipinski definition) is 0. The van der Waals surface area contributed by atoms with E-state index in [1.807, 2.05) is 88.4 Å². The van der Waals surface area contributed by atoms with Crippen LogP contribution in [0.25, 0.3) is 0 Å². The van der Waals surface area contributed by atoms with E-state index in [2.05, 4.69) is 0 Å². The molecule has 0 amide bonds. The quantitative estimate of drug-likeness (QED) is 0.222. The monoisotopic (exact) mass is 476 g/mol. The fraction of sp³-hybridized carbons (Fsp3) is 0.138. The Bertz CT molecular complexity index is 1120. The molecule has 0 unspecified atom stereocenters. The highest BCUT2D eigenvalue weighted by molar-refractivity contribution is 7.87. The summed E-state index contributed by atoms with van der Waals surface area (Å²) in [6.45, 7) is 8.00. The van der Waals surface area contributed by atoms with Crippen molar-refractivity contribution in [3.63, 3.8) is 0 Å². The van der Waals surface area contributed by atoms with Gasteiger partial charge in [0.15, 0.2) is 5.78 Å². The van der Waals surface area contributed by atoms with Crippen LogP contribution in [0.5, 0.6) is 5.75 Å². The lowest BCUT2D eigenvalue weighted by atomic mass is 10.0. The highest BCUT2D eigenvalue weighted by Gasteiger charge is 2.15.